The molecule has 0 saturated carbocycles. The molecule has 2 heterocycles. The molecule has 0 bridgehead atoms. The molecular formula is C15H20NO4+. The quantitative estimate of drug-likeness (QED) is 0.784. The van der Waals surface area contributed by atoms with Crippen LogP contribution < -0.4 is 14.4 Å². The predicted molar refractivity (Wildman–Crippen MR) is 72.8 cm³/mol. The highest BCUT2D eigenvalue weighted by Crippen LogP contribution is 2.30. The standard InChI is InChI=1S/C15H19NO4/c17-13(3-4-16-5-7-18-8-6-16)12-1-2-14-15(11-12)20-10-9-19-14/h1-2,11H,3-10H2/p+1. The molecule has 1 fully saturated rings. The smallest absolute Gasteiger partial charge is 0.168 e. The second-order valence-corrected chi connectivity index (χ2v) is 5.14. The van der Waals surface area contributed by atoms with Gasteiger partial charge in [0.05, 0.1) is 26.2 Å². The molecule has 1 saturated heterocycles. The van der Waals surface area contributed by atoms with Crippen molar-refractivity contribution in [2.45, 2.75) is 6.42 Å². The summed E-state index contributed by atoms with van der Waals surface area (Å²) in [6, 6.07) is 5.44. The maximum absolute atomic E-state index is 12.2. The first kappa shape index (κ1) is 13.4. The van der Waals surface area contributed by atoms with Crippen molar-refractivity contribution in [3.63, 3.8) is 0 Å². The maximum atomic E-state index is 12.2. The van der Waals surface area contributed by atoms with E-state index in [4.69, 9.17) is 14.2 Å². The van der Waals surface area contributed by atoms with E-state index in [0.29, 0.717) is 30.9 Å². The molecule has 0 aromatic heterocycles. The molecule has 20 heavy (non-hydrogen) atoms. The predicted octanol–water partition coefficient (Wildman–Crippen LogP) is -0.0543. The lowest BCUT2D eigenvalue weighted by atomic mass is 10.1. The molecule has 0 aliphatic carbocycles. The van der Waals surface area contributed by atoms with Crippen LogP contribution in [0, 0.1) is 0 Å². The fourth-order valence-electron chi connectivity index (χ4n) is 2.56. The van der Waals surface area contributed by atoms with Crippen molar-refractivity contribution in [2.75, 3.05) is 46.1 Å². The van der Waals surface area contributed by atoms with Crippen LogP contribution in [0.1, 0.15) is 16.8 Å². The van der Waals surface area contributed by atoms with Gasteiger partial charge in [0.15, 0.2) is 17.3 Å². The zero-order valence-corrected chi connectivity index (χ0v) is 11.5. The van der Waals surface area contributed by atoms with Crippen molar-refractivity contribution in [3.8, 4) is 11.5 Å². The van der Waals surface area contributed by atoms with Crippen molar-refractivity contribution in [1.29, 1.82) is 0 Å². The average Bonchev–Trinajstić information content (AvgIpc) is 2.53. The second kappa shape index (κ2) is 6.24. The summed E-state index contributed by atoms with van der Waals surface area (Å²) in [5.41, 5.74) is 0.710. The van der Waals surface area contributed by atoms with Crippen LogP contribution in [0.3, 0.4) is 0 Å². The summed E-state index contributed by atoms with van der Waals surface area (Å²) in [7, 11) is 0. The van der Waals surface area contributed by atoms with Crippen molar-refractivity contribution < 1.29 is 23.9 Å². The maximum Gasteiger partial charge on any atom is 0.168 e. The summed E-state index contributed by atoms with van der Waals surface area (Å²) in [5, 5.41) is 0. The minimum absolute atomic E-state index is 0.168. The average molecular weight is 278 g/mol. The third-order valence-corrected chi connectivity index (χ3v) is 3.77. The molecular weight excluding hydrogens is 258 g/mol. The number of carbonyl (C=O) groups excluding carboxylic acids is 1. The highest BCUT2D eigenvalue weighted by Gasteiger charge is 2.18. The Balaban J connectivity index is 1.59. The van der Waals surface area contributed by atoms with Gasteiger partial charge in [0, 0.05) is 5.56 Å². The van der Waals surface area contributed by atoms with E-state index in [1.165, 1.54) is 4.90 Å². The van der Waals surface area contributed by atoms with E-state index < -0.39 is 0 Å². The van der Waals surface area contributed by atoms with Gasteiger partial charge in [-0.25, -0.2) is 0 Å². The number of carbonyl (C=O) groups is 1. The molecule has 1 aromatic carbocycles. The lowest BCUT2D eigenvalue weighted by Crippen LogP contribution is -3.14. The Bertz CT molecular complexity index is 483. The minimum Gasteiger partial charge on any atom is -0.486 e. The van der Waals surface area contributed by atoms with Gasteiger partial charge in [0.2, 0.25) is 0 Å². The molecule has 0 unspecified atom stereocenters. The Morgan fingerprint density at radius 1 is 1.05 bits per heavy atom. The topological polar surface area (TPSA) is 49.2 Å². The summed E-state index contributed by atoms with van der Waals surface area (Å²) in [6.07, 6.45) is 0.564. The third-order valence-electron chi connectivity index (χ3n) is 3.77. The van der Waals surface area contributed by atoms with Gasteiger partial charge >= 0.3 is 0 Å². The van der Waals surface area contributed by atoms with E-state index in [0.717, 1.165) is 38.6 Å². The van der Waals surface area contributed by atoms with Crippen molar-refractivity contribution in [2.24, 2.45) is 0 Å². The van der Waals surface area contributed by atoms with E-state index in [-0.39, 0.29) is 5.78 Å². The first-order valence-electron chi connectivity index (χ1n) is 7.17. The van der Waals surface area contributed by atoms with E-state index in [2.05, 4.69) is 0 Å². The largest absolute Gasteiger partial charge is 0.486 e. The molecule has 0 atom stereocenters. The number of rotatable bonds is 4. The minimum atomic E-state index is 0.168. The molecule has 2 aliphatic heterocycles. The third kappa shape index (κ3) is 3.11. The molecule has 1 aromatic rings. The highest BCUT2D eigenvalue weighted by molar-refractivity contribution is 5.96. The number of ketones is 1. The van der Waals surface area contributed by atoms with E-state index in [1.54, 1.807) is 6.07 Å². The number of Topliss-reactive ketones (excluding diaryl/α,β-unsaturated/α-hetero) is 1. The fraction of sp³-hybridized carbons (Fsp3) is 0.533. The number of nitrogens with one attached hydrogen (secondary N) is 1. The van der Waals surface area contributed by atoms with Crippen LogP contribution >= 0.6 is 0 Å². The van der Waals surface area contributed by atoms with E-state index in [1.807, 2.05) is 12.1 Å². The highest BCUT2D eigenvalue weighted by atomic mass is 16.6. The zero-order valence-electron chi connectivity index (χ0n) is 11.5. The van der Waals surface area contributed by atoms with Crippen LogP contribution in [0.25, 0.3) is 0 Å². The number of morpholine rings is 1. The molecule has 2 aliphatic rings. The van der Waals surface area contributed by atoms with Gasteiger partial charge in [-0.05, 0) is 18.2 Å². The first-order chi connectivity index (χ1) is 9.83. The van der Waals surface area contributed by atoms with Crippen LogP contribution in [0.4, 0.5) is 0 Å². The van der Waals surface area contributed by atoms with Gasteiger partial charge in [-0.2, -0.15) is 0 Å². The Hall–Kier alpha value is -1.59. The number of hydrogen-bond donors (Lipinski definition) is 1. The Morgan fingerprint density at radius 3 is 2.60 bits per heavy atom. The molecule has 1 N–H and O–H groups in total. The first-order valence-corrected chi connectivity index (χ1v) is 7.17. The van der Waals surface area contributed by atoms with Crippen LogP contribution in [0.15, 0.2) is 18.2 Å². The summed E-state index contributed by atoms with van der Waals surface area (Å²) in [6.45, 7) is 5.57. The molecule has 108 valence electrons. The summed E-state index contributed by atoms with van der Waals surface area (Å²) in [4.78, 5) is 13.7. The van der Waals surface area contributed by atoms with Crippen LogP contribution in [0.2, 0.25) is 0 Å². The van der Waals surface area contributed by atoms with Crippen LogP contribution in [0.5, 0.6) is 11.5 Å². The molecule has 0 amide bonds. The number of quaternary nitrogens is 1. The SMILES string of the molecule is O=C(CC[NH+]1CCOCC1)c1ccc2c(c1)OCCO2. The second-order valence-electron chi connectivity index (χ2n) is 5.14. The molecule has 5 heteroatoms. The molecule has 0 radical (unpaired) electrons. The number of hydrogen-bond acceptors (Lipinski definition) is 4. The zero-order chi connectivity index (χ0) is 13.8. The Kier molecular flexibility index (Phi) is 4.18. The Labute approximate surface area is 118 Å². The summed E-state index contributed by atoms with van der Waals surface area (Å²) >= 11 is 0. The normalized spacial score (nSPS) is 18.8. The molecule has 3 rings (SSSR count). The monoisotopic (exact) mass is 278 g/mol. The van der Waals surface area contributed by atoms with Gasteiger partial charge < -0.3 is 19.1 Å². The molecule has 0 spiro atoms. The number of benzene rings is 1. The van der Waals surface area contributed by atoms with Crippen molar-refractivity contribution >= 4 is 5.78 Å². The van der Waals surface area contributed by atoms with Crippen LogP contribution in [-0.2, 0) is 4.74 Å². The van der Waals surface area contributed by atoms with Crippen LogP contribution in [-0.4, -0.2) is 51.8 Å². The van der Waals surface area contributed by atoms with E-state index >= 15 is 0 Å². The summed E-state index contributed by atoms with van der Waals surface area (Å²) < 4.78 is 16.3. The fourth-order valence-corrected chi connectivity index (χ4v) is 2.56. The van der Waals surface area contributed by atoms with Crippen molar-refractivity contribution in [3.05, 3.63) is 23.8 Å². The van der Waals surface area contributed by atoms with Gasteiger partial charge in [0.25, 0.3) is 0 Å². The Morgan fingerprint density at radius 2 is 1.80 bits per heavy atom. The van der Waals surface area contributed by atoms with Gasteiger partial charge in [0.1, 0.15) is 26.3 Å². The van der Waals surface area contributed by atoms with Gasteiger partial charge in [-0.3, -0.25) is 4.79 Å². The summed E-state index contributed by atoms with van der Waals surface area (Å²) in [5.74, 6) is 1.58. The lowest BCUT2D eigenvalue weighted by Gasteiger charge is -2.23. The lowest BCUT2D eigenvalue weighted by molar-refractivity contribution is -0.907. The van der Waals surface area contributed by atoms with Gasteiger partial charge in [-0.1, -0.05) is 0 Å². The van der Waals surface area contributed by atoms with E-state index in [9.17, 15) is 4.79 Å². The number of fused-ring (bicyclic) bond motifs is 1. The van der Waals surface area contributed by atoms with Crippen molar-refractivity contribution in [1.82, 2.24) is 0 Å². The number of ether oxygens (including phenoxy) is 3. The molecule has 5 nitrogen and oxygen atoms in total. The van der Waals surface area contributed by atoms with Gasteiger partial charge in [-0.15, -0.1) is 0 Å².